The number of benzene rings is 1. The summed E-state index contributed by atoms with van der Waals surface area (Å²) in [5.74, 6) is -0.373. The molecule has 2 aliphatic rings. The Labute approximate surface area is 105 Å². The summed E-state index contributed by atoms with van der Waals surface area (Å²) in [6, 6.07) is 8.93. The first kappa shape index (κ1) is 11.1. The van der Waals surface area contributed by atoms with Crippen molar-refractivity contribution in [2.45, 2.75) is 12.8 Å². The Bertz CT molecular complexity index is 503. The summed E-state index contributed by atoms with van der Waals surface area (Å²) in [6.45, 7) is 0.221. The van der Waals surface area contributed by atoms with Crippen molar-refractivity contribution in [2.24, 2.45) is 11.8 Å². The summed E-state index contributed by atoms with van der Waals surface area (Å²) in [5.41, 5.74) is 0.627. The number of piperidine rings is 1. The maximum absolute atomic E-state index is 11.9. The van der Waals surface area contributed by atoms with Crippen LogP contribution in [0, 0.1) is 11.8 Å². The topological polar surface area (TPSA) is 54.5 Å². The molecule has 0 radical (unpaired) electrons. The third-order valence-corrected chi connectivity index (χ3v) is 3.62. The van der Waals surface area contributed by atoms with Crippen LogP contribution in [-0.2, 0) is 9.59 Å². The number of carbonyl (C=O) groups excluding carboxylic acids is 3. The van der Waals surface area contributed by atoms with E-state index in [1.54, 1.807) is 24.3 Å². The van der Waals surface area contributed by atoms with Crippen molar-refractivity contribution >= 4 is 17.6 Å². The van der Waals surface area contributed by atoms with E-state index in [4.69, 9.17) is 0 Å². The SMILES string of the molecule is O=C(CCN1C(=O)[C@@H]2C[C@H]2C1=O)c1ccccc1. The van der Waals surface area contributed by atoms with Crippen LogP contribution < -0.4 is 0 Å². The minimum atomic E-state index is -0.0918. The number of imide groups is 1. The molecule has 1 saturated carbocycles. The molecule has 0 aromatic heterocycles. The predicted molar refractivity (Wildman–Crippen MR) is 63.7 cm³/mol. The molecule has 1 heterocycles. The molecule has 2 fully saturated rings. The van der Waals surface area contributed by atoms with Crippen molar-refractivity contribution in [2.75, 3.05) is 6.54 Å². The summed E-state index contributed by atoms with van der Waals surface area (Å²) in [5, 5.41) is 0. The van der Waals surface area contributed by atoms with Gasteiger partial charge < -0.3 is 0 Å². The van der Waals surface area contributed by atoms with Gasteiger partial charge in [-0.25, -0.2) is 0 Å². The Morgan fingerprint density at radius 2 is 1.72 bits per heavy atom. The zero-order valence-electron chi connectivity index (χ0n) is 9.83. The number of hydrogen-bond acceptors (Lipinski definition) is 3. The first-order chi connectivity index (χ1) is 8.68. The van der Waals surface area contributed by atoms with Crippen molar-refractivity contribution < 1.29 is 14.4 Å². The maximum atomic E-state index is 11.9. The monoisotopic (exact) mass is 243 g/mol. The third-order valence-electron chi connectivity index (χ3n) is 3.62. The van der Waals surface area contributed by atoms with E-state index in [9.17, 15) is 14.4 Å². The first-order valence-corrected chi connectivity index (χ1v) is 6.12. The highest BCUT2D eigenvalue weighted by molar-refractivity contribution is 6.09. The standard InChI is InChI=1S/C14H13NO3/c16-12(9-4-2-1-3-5-9)6-7-15-13(17)10-8-11(10)14(15)18/h1-5,10-11H,6-8H2/t10-,11-/m1/s1. The van der Waals surface area contributed by atoms with Gasteiger partial charge in [-0.3, -0.25) is 19.3 Å². The molecule has 3 rings (SSSR count). The van der Waals surface area contributed by atoms with Crippen LogP contribution in [0.25, 0.3) is 0 Å². The molecule has 1 aliphatic heterocycles. The molecule has 0 spiro atoms. The number of ketones is 1. The molecular formula is C14H13NO3. The van der Waals surface area contributed by atoms with Crippen LogP contribution in [0.4, 0.5) is 0 Å². The smallest absolute Gasteiger partial charge is 0.233 e. The van der Waals surface area contributed by atoms with E-state index in [0.29, 0.717) is 12.0 Å². The number of hydrogen-bond donors (Lipinski definition) is 0. The Morgan fingerprint density at radius 3 is 2.33 bits per heavy atom. The Kier molecular flexibility index (Phi) is 2.51. The molecule has 1 aliphatic carbocycles. The zero-order chi connectivity index (χ0) is 12.7. The average molecular weight is 243 g/mol. The quantitative estimate of drug-likeness (QED) is 0.591. The maximum Gasteiger partial charge on any atom is 0.233 e. The second kappa shape index (κ2) is 4.05. The van der Waals surface area contributed by atoms with Crippen molar-refractivity contribution in [3.8, 4) is 0 Å². The largest absolute Gasteiger partial charge is 0.294 e. The van der Waals surface area contributed by atoms with Crippen molar-refractivity contribution in [3.63, 3.8) is 0 Å². The van der Waals surface area contributed by atoms with E-state index in [-0.39, 0.29) is 42.4 Å². The van der Waals surface area contributed by atoms with Crippen molar-refractivity contribution in [1.29, 1.82) is 0 Å². The van der Waals surface area contributed by atoms with Crippen LogP contribution in [-0.4, -0.2) is 29.0 Å². The summed E-state index contributed by atoms with van der Waals surface area (Å²) in [7, 11) is 0. The van der Waals surface area contributed by atoms with Gasteiger partial charge in [0.2, 0.25) is 11.8 Å². The van der Waals surface area contributed by atoms with Gasteiger partial charge in [0.1, 0.15) is 0 Å². The summed E-state index contributed by atoms with van der Waals surface area (Å²) in [4.78, 5) is 36.5. The number of Topliss-reactive ketones (excluding diaryl/α,β-unsaturated/α-hetero) is 1. The van der Waals surface area contributed by atoms with Gasteiger partial charge >= 0.3 is 0 Å². The molecule has 18 heavy (non-hydrogen) atoms. The van der Waals surface area contributed by atoms with Crippen LogP contribution in [0.15, 0.2) is 30.3 Å². The van der Waals surface area contributed by atoms with E-state index < -0.39 is 0 Å². The van der Waals surface area contributed by atoms with Gasteiger partial charge in [0.05, 0.1) is 11.8 Å². The lowest BCUT2D eigenvalue weighted by atomic mass is 10.1. The molecule has 1 saturated heterocycles. The van der Waals surface area contributed by atoms with E-state index in [0.717, 1.165) is 0 Å². The molecule has 4 nitrogen and oxygen atoms in total. The number of fused-ring (bicyclic) bond motifs is 1. The summed E-state index contributed by atoms with van der Waals surface area (Å²) >= 11 is 0. The highest BCUT2D eigenvalue weighted by Crippen LogP contribution is 2.46. The molecular weight excluding hydrogens is 230 g/mol. The number of carbonyl (C=O) groups is 3. The molecule has 2 atom stereocenters. The first-order valence-electron chi connectivity index (χ1n) is 6.12. The Morgan fingerprint density at radius 1 is 1.11 bits per heavy atom. The van der Waals surface area contributed by atoms with Gasteiger partial charge in [0.15, 0.2) is 5.78 Å². The molecule has 0 unspecified atom stereocenters. The minimum Gasteiger partial charge on any atom is -0.294 e. The number of likely N-dealkylation sites (tertiary alicyclic amines) is 1. The van der Waals surface area contributed by atoms with Crippen molar-refractivity contribution in [3.05, 3.63) is 35.9 Å². The van der Waals surface area contributed by atoms with Crippen LogP contribution in [0.5, 0.6) is 0 Å². The Balaban J connectivity index is 1.61. The van der Waals surface area contributed by atoms with Crippen LogP contribution in [0.3, 0.4) is 0 Å². The minimum absolute atomic E-state index is 0.0308. The normalized spacial score (nSPS) is 25.2. The fourth-order valence-electron chi connectivity index (χ4n) is 2.45. The second-order valence-electron chi connectivity index (χ2n) is 4.82. The van der Waals surface area contributed by atoms with Gasteiger partial charge in [-0.2, -0.15) is 0 Å². The summed E-state index contributed by atoms with van der Waals surface area (Å²) < 4.78 is 0. The Hall–Kier alpha value is -1.97. The summed E-state index contributed by atoms with van der Waals surface area (Å²) in [6.07, 6.45) is 0.918. The van der Waals surface area contributed by atoms with Gasteiger partial charge in [0.25, 0.3) is 0 Å². The van der Waals surface area contributed by atoms with Gasteiger partial charge in [-0.05, 0) is 6.42 Å². The lowest BCUT2D eigenvalue weighted by molar-refractivity contribution is -0.141. The van der Waals surface area contributed by atoms with E-state index in [1.807, 2.05) is 6.07 Å². The lowest BCUT2D eigenvalue weighted by Crippen LogP contribution is -2.34. The number of nitrogens with zero attached hydrogens (tertiary/aromatic N) is 1. The van der Waals surface area contributed by atoms with Crippen LogP contribution >= 0.6 is 0 Å². The highest BCUT2D eigenvalue weighted by Gasteiger charge is 2.58. The number of amides is 2. The second-order valence-corrected chi connectivity index (χ2v) is 4.82. The van der Waals surface area contributed by atoms with Gasteiger partial charge in [0, 0.05) is 18.5 Å². The van der Waals surface area contributed by atoms with Gasteiger partial charge in [-0.1, -0.05) is 30.3 Å². The van der Waals surface area contributed by atoms with Crippen LogP contribution in [0.1, 0.15) is 23.2 Å². The zero-order valence-corrected chi connectivity index (χ0v) is 9.83. The lowest BCUT2D eigenvalue weighted by Gasteiger charge is -2.15. The predicted octanol–water partition coefficient (Wildman–Crippen LogP) is 1.26. The van der Waals surface area contributed by atoms with Crippen LogP contribution in [0.2, 0.25) is 0 Å². The van der Waals surface area contributed by atoms with E-state index in [2.05, 4.69) is 0 Å². The fraction of sp³-hybridized carbons (Fsp3) is 0.357. The van der Waals surface area contributed by atoms with E-state index >= 15 is 0 Å². The van der Waals surface area contributed by atoms with E-state index in [1.165, 1.54) is 4.90 Å². The molecule has 1 aromatic rings. The average Bonchev–Trinajstić information content (AvgIpc) is 3.15. The molecule has 0 bridgehead atoms. The highest BCUT2D eigenvalue weighted by atomic mass is 16.2. The molecule has 4 heteroatoms. The molecule has 0 N–H and O–H groups in total. The van der Waals surface area contributed by atoms with Gasteiger partial charge in [-0.15, -0.1) is 0 Å². The van der Waals surface area contributed by atoms with Crippen molar-refractivity contribution in [1.82, 2.24) is 4.90 Å². The molecule has 92 valence electrons. The third kappa shape index (κ3) is 1.74. The fourth-order valence-corrected chi connectivity index (χ4v) is 2.45. The molecule has 2 amide bonds. The number of rotatable bonds is 4. The molecule has 1 aromatic carbocycles.